The van der Waals surface area contributed by atoms with Crippen molar-refractivity contribution in [3.8, 4) is 5.75 Å². The molecule has 1 N–H and O–H groups in total. The van der Waals surface area contributed by atoms with Crippen LogP contribution in [0.15, 0.2) is 28.7 Å². The van der Waals surface area contributed by atoms with Crippen LogP contribution in [0.2, 0.25) is 0 Å². The molecule has 102 valence electrons. The number of rotatable bonds is 4. The molecule has 4 heteroatoms. The molecule has 0 bridgehead atoms. The Hall–Kier alpha value is -1.52. The lowest BCUT2D eigenvalue weighted by atomic mass is 10.1. The summed E-state index contributed by atoms with van der Waals surface area (Å²) in [6.45, 7) is 3.66. The highest BCUT2D eigenvalue weighted by Gasteiger charge is 2.23. The van der Waals surface area contributed by atoms with Gasteiger partial charge < -0.3 is 19.2 Å². The summed E-state index contributed by atoms with van der Waals surface area (Å²) in [7, 11) is 1.66. The van der Waals surface area contributed by atoms with Gasteiger partial charge in [0.25, 0.3) is 0 Å². The van der Waals surface area contributed by atoms with Gasteiger partial charge in [-0.25, -0.2) is 0 Å². The molecule has 1 aromatic carbocycles. The highest BCUT2D eigenvalue weighted by atomic mass is 16.5. The first-order valence-electron chi connectivity index (χ1n) is 6.68. The number of benzene rings is 1. The maximum atomic E-state index is 5.86. The van der Waals surface area contributed by atoms with Crippen molar-refractivity contribution in [1.29, 1.82) is 0 Å². The molecule has 2 unspecified atom stereocenters. The number of para-hydroxylation sites is 1. The topological polar surface area (TPSA) is 43.6 Å². The Kier molecular flexibility index (Phi) is 3.44. The third-order valence-electron chi connectivity index (χ3n) is 3.69. The molecule has 0 saturated carbocycles. The van der Waals surface area contributed by atoms with Gasteiger partial charge in [-0.1, -0.05) is 12.1 Å². The lowest BCUT2D eigenvalue weighted by Crippen LogP contribution is -2.33. The Morgan fingerprint density at radius 1 is 1.42 bits per heavy atom. The quantitative estimate of drug-likeness (QED) is 0.919. The summed E-state index contributed by atoms with van der Waals surface area (Å²) in [5, 5.41) is 4.56. The molecule has 1 aliphatic heterocycles. The van der Waals surface area contributed by atoms with Gasteiger partial charge in [-0.2, -0.15) is 0 Å². The second-order valence-corrected chi connectivity index (χ2v) is 4.94. The molecule has 0 radical (unpaired) electrons. The number of hydrogen-bond donors (Lipinski definition) is 1. The summed E-state index contributed by atoms with van der Waals surface area (Å²) < 4.78 is 16.7. The predicted molar refractivity (Wildman–Crippen MR) is 73.4 cm³/mol. The molecule has 0 spiro atoms. The third kappa shape index (κ3) is 2.46. The summed E-state index contributed by atoms with van der Waals surface area (Å²) in [6, 6.07) is 8.39. The zero-order valence-corrected chi connectivity index (χ0v) is 11.3. The molecule has 1 fully saturated rings. The van der Waals surface area contributed by atoms with Crippen LogP contribution in [0.1, 0.15) is 19.1 Å². The third-order valence-corrected chi connectivity index (χ3v) is 3.69. The zero-order valence-electron chi connectivity index (χ0n) is 11.3. The summed E-state index contributed by atoms with van der Waals surface area (Å²) >= 11 is 0. The lowest BCUT2D eigenvalue weighted by molar-refractivity contribution is 0.112. The number of methoxy groups -OCH3 is 1. The van der Waals surface area contributed by atoms with Crippen molar-refractivity contribution in [3.63, 3.8) is 0 Å². The van der Waals surface area contributed by atoms with Crippen molar-refractivity contribution >= 4 is 11.0 Å². The van der Waals surface area contributed by atoms with Crippen molar-refractivity contribution < 1.29 is 13.9 Å². The van der Waals surface area contributed by atoms with Crippen LogP contribution >= 0.6 is 0 Å². The van der Waals surface area contributed by atoms with Gasteiger partial charge in [-0.3, -0.25) is 0 Å². The van der Waals surface area contributed by atoms with E-state index in [2.05, 4.69) is 18.3 Å². The lowest BCUT2D eigenvalue weighted by Gasteiger charge is -2.14. The van der Waals surface area contributed by atoms with E-state index < -0.39 is 0 Å². The Morgan fingerprint density at radius 2 is 2.32 bits per heavy atom. The van der Waals surface area contributed by atoms with E-state index >= 15 is 0 Å². The van der Waals surface area contributed by atoms with Crippen LogP contribution in [0, 0.1) is 0 Å². The monoisotopic (exact) mass is 261 g/mol. The van der Waals surface area contributed by atoms with Crippen LogP contribution in [0.4, 0.5) is 0 Å². The number of fused-ring (bicyclic) bond motifs is 1. The highest BCUT2D eigenvalue weighted by Crippen LogP contribution is 2.28. The molecule has 0 aliphatic carbocycles. The summed E-state index contributed by atoms with van der Waals surface area (Å²) in [4.78, 5) is 0. The first-order chi connectivity index (χ1) is 9.28. The van der Waals surface area contributed by atoms with E-state index in [1.54, 1.807) is 7.11 Å². The van der Waals surface area contributed by atoms with Crippen LogP contribution < -0.4 is 10.1 Å². The van der Waals surface area contributed by atoms with Crippen molar-refractivity contribution in [2.75, 3.05) is 13.7 Å². The number of furan rings is 1. The second-order valence-electron chi connectivity index (χ2n) is 4.94. The summed E-state index contributed by atoms with van der Waals surface area (Å²) in [5.41, 5.74) is 0.817. The van der Waals surface area contributed by atoms with Crippen LogP contribution in [-0.4, -0.2) is 25.9 Å². The van der Waals surface area contributed by atoms with Gasteiger partial charge in [0.2, 0.25) is 0 Å². The SMILES string of the molecule is COc1cccc2cc(CNC3CCOC3C)oc12. The molecular formula is C15H19NO3. The van der Waals surface area contributed by atoms with Crippen LogP contribution in [0.25, 0.3) is 11.0 Å². The number of hydrogen-bond acceptors (Lipinski definition) is 4. The summed E-state index contributed by atoms with van der Waals surface area (Å²) in [5.74, 6) is 1.71. The van der Waals surface area contributed by atoms with Gasteiger partial charge in [0.1, 0.15) is 5.76 Å². The molecule has 4 nitrogen and oxygen atoms in total. The van der Waals surface area contributed by atoms with Gasteiger partial charge in [0.05, 0.1) is 19.8 Å². The van der Waals surface area contributed by atoms with Gasteiger partial charge in [0.15, 0.2) is 11.3 Å². The molecular weight excluding hydrogens is 242 g/mol. The van der Waals surface area contributed by atoms with Crippen LogP contribution in [-0.2, 0) is 11.3 Å². The minimum Gasteiger partial charge on any atom is -0.493 e. The fourth-order valence-corrected chi connectivity index (χ4v) is 2.57. The predicted octanol–water partition coefficient (Wildman–Crippen LogP) is 2.71. The molecule has 2 atom stereocenters. The van der Waals surface area contributed by atoms with E-state index in [0.29, 0.717) is 6.04 Å². The molecule has 2 heterocycles. The zero-order chi connectivity index (χ0) is 13.2. The van der Waals surface area contributed by atoms with E-state index in [4.69, 9.17) is 13.9 Å². The normalized spacial score (nSPS) is 23.1. The van der Waals surface area contributed by atoms with Crippen molar-refractivity contribution in [1.82, 2.24) is 5.32 Å². The van der Waals surface area contributed by atoms with Crippen LogP contribution in [0.3, 0.4) is 0 Å². The minimum atomic E-state index is 0.277. The maximum absolute atomic E-state index is 5.86. The van der Waals surface area contributed by atoms with Gasteiger partial charge in [-0.05, 0) is 25.5 Å². The Morgan fingerprint density at radius 3 is 3.05 bits per heavy atom. The fourth-order valence-electron chi connectivity index (χ4n) is 2.57. The van der Waals surface area contributed by atoms with E-state index in [1.165, 1.54) is 0 Å². The average Bonchev–Trinajstić information content (AvgIpc) is 3.01. The van der Waals surface area contributed by atoms with Gasteiger partial charge >= 0.3 is 0 Å². The molecule has 1 aromatic heterocycles. The van der Waals surface area contributed by atoms with E-state index in [-0.39, 0.29) is 6.10 Å². The largest absolute Gasteiger partial charge is 0.493 e. The Balaban J connectivity index is 1.74. The molecule has 19 heavy (non-hydrogen) atoms. The standard InChI is InChI=1S/C15H19NO3/c1-10-13(6-7-18-10)16-9-12-8-11-4-3-5-14(17-2)15(11)19-12/h3-5,8,10,13,16H,6-7,9H2,1-2H3. The molecule has 0 amide bonds. The average molecular weight is 261 g/mol. The second kappa shape index (κ2) is 5.23. The number of nitrogens with one attached hydrogen (secondary N) is 1. The fraction of sp³-hybridized carbons (Fsp3) is 0.467. The molecule has 2 aromatic rings. The molecule has 1 aliphatic rings. The Bertz CT molecular complexity index is 564. The van der Waals surface area contributed by atoms with Gasteiger partial charge in [0, 0.05) is 18.0 Å². The van der Waals surface area contributed by atoms with Gasteiger partial charge in [-0.15, -0.1) is 0 Å². The van der Waals surface area contributed by atoms with Crippen LogP contribution in [0.5, 0.6) is 5.75 Å². The van der Waals surface area contributed by atoms with E-state index in [1.807, 2.05) is 18.2 Å². The smallest absolute Gasteiger partial charge is 0.176 e. The molecule has 1 saturated heterocycles. The maximum Gasteiger partial charge on any atom is 0.176 e. The van der Waals surface area contributed by atoms with Crippen molar-refractivity contribution in [2.24, 2.45) is 0 Å². The first kappa shape index (κ1) is 12.5. The number of ether oxygens (including phenoxy) is 2. The first-order valence-corrected chi connectivity index (χ1v) is 6.68. The highest BCUT2D eigenvalue weighted by molar-refractivity contribution is 5.83. The van der Waals surface area contributed by atoms with Crippen molar-refractivity contribution in [3.05, 3.63) is 30.0 Å². The minimum absolute atomic E-state index is 0.277. The summed E-state index contributed by atoms with van der Waals surface area (Å²) in [6.07, 6.45) is 1.34. The van der Waals surface area contributed by atoms with E-state index in [9.17, 15) is 0 Å². The Labute approximate surface area is 112 Å². The molecule has 3 rings (SSSR count). The van der Waals surface area contributed by atoms with E-state index in [0.717, 1.165) is 42.1 Å². The van der Waals surface area contributed by atoms with Crippen molar-refractivity contribution in [2.45, 2.75) is 32.0 Å².